The van der Waals surface area contributed by atoms with Crippen LogP contribution < -0.4 is 11.3 Å². The van der Waals surface area contributed by atoms with E-state index in [9.17, 15) is 17.6 Å². The lowest BCUT2D eigenvalue weighted by molar-refractivity contribution is -0.140. The van der Waals surface area contributed by atoms with Crippen LogP contribution in [0.5, 0.6) is 0 Å². The van der Waals surface area contributed by atoms with E-state index < -0.39 is 23.6 Å². The van der Waals surface area contributed by atoms with E-state index in [1.807, 2.05) is 0 Å². The summed E-state index contributed by atoms with van der Waals surface area (Å²) >= 11 is 1.35. The van der Waals surface area contributed by atoms with Crippen molar-refractivity contribution in [2.75, 3.05) is 0 Å². The van der Waals surface area contributed by atoms with E-state index in [0.717, 1.165) is 17.1 Å². The molecule has 0 amide bonds. The maximum absolute atomic E-state index is 13.3. The standard InChI is InChI=1S/C12H11F4N3S/c1-6-18-10(5-20-6)11(19-17)7-2-3-9(13)8(4-7)12(14,15)16/h2-5,11,19H,17H2,1H3. The maximum Gasteiger partial charge on any atom is 0.419 e. The Morgan fingerprint density at radius 1 is 1.35 bits per heavy atom. The Balaban J connectivity index is 2.46. The largest absolute Gasteiger partial charge is 0.419 e. The van der Waals surface area contributed by atoms with Crippen molar-refractivity contribution in [3.63, 3.8) is 0 Å². The number of hydrazine groups is 1. The molecule has 1 atom stereocenters. The number of nitrogens with one attached hydrogen (secondary N) is 1. The van der Waals surface area contributed by atoms with Gasteiger partial charge in [-0.2, -0.15) is 13.2 Å². The highest BCUT2D eigenvalue weighted by molar-refractivity contribution is 7.09. The average molecular weight is 305 g/mol. The van der Waals surface area contributed by atoms with Crippen LogP contribution in [0.3, 0.4) is 0 Å². The zero-order valence-corrected chi connectivity index (χ0v) is 11.1. The molecule has 2 aromatic rings. The molecule has 0 saturated carbocycles. The van der Waals surface area contributed by atoms with E-state index in [2.05, 4.69) is 10.4 Å². The van der Waals surface area contributed by atoms with Crippen LogP contribution in [0, 0.1) is 12.7 Å². The first kappa shape index (κ1) is 14.9. The second-order valence-corrected chi connectivity index (χ2v) is 5.19. The van der Waals surface area contributed by atoms with Gasteiger partial charge in [-0.1, -0.05) is 6.07 Å². The molecule has 0 fully saturated rings. The minimum atomic E-state index is -4.75. The molecule has 0 bridgehead atoms. The first-order valence-electron chi connectivity index (χ1n) is 5.57. The molecule has 2 rings (SSSR count). The molecule has 0 aliphatic rings. The zero-order valence-electron chi connectivity index (χ0n) is 10.3. The van der Waals surface area contributed by atoms with E-state index in [1.54, 1.807) is 12.3 Å². The Morgan fingerprint density at radius 2 is 2.05 bits per heavy atom. The highest BCUT2D eigenvalue weighted by Crippen LogP contribution is 2.34. The SMILES string of the molecule is Cc1nc(C(NN)c2ccc(F)c(C(F)(F)F)c2)cs1. The number of nitrogens with two attached hydrogens (primary N) is 1. The second-order valence-electron chi connectivity index (χ2n) is 4.13. The fraction of sp³-hybridized carbons (Fsp3) is 0.250. The van der Waals surface area contributed by atoms with Crippen molar-refractivity contribution < 1.29 is 17.6 Å². The van der Waals surface area contributed by atoms with Crippen LogP contribution in [0.15, 0.2) is 23.6 Å². The summed E-state index contributed by atoms with van der Waals surface area (Å²) in [5, 5.41) is 2.45. The van der Waals surface area contributed by atoms with Crippen LogP contribution in [0.2, 0.25) is 0 Å². The smallest absolute Gasteiger partial charge is 0.271 e. The molecular weight excluding hydrogens is 294 g/mol. The van der Waals surface area contributed by atoms with Gasteiger partial charge in [0.25, 0.3) is 0 Å². The first-order chi connectivity index (χ1) is 9.32. The molecule has 0 saturated heterocycles. The minimum absolute atomic E-state index is 0.200. The topological polar surface area (TPSA) is 50.9 Å². The summed E-state index contributed by atoms with van der Waals surface area (Å²) in [6.07, 6.45) is -4.75. The lowest BCUT2D eigenvalue weighted by Gasteiger charge is -2.16. The van der Waals surface area contributed by atoms with Crippen molar-refractivity contribution in [3.8, 4) is 0 Å². The molecule has 3 N–H and O–H groups in total. The number of aryl methyl sites for hydroxylation is 1. The van der Waals surface area contributed by atoms with Crippen molar-refractivity contribution in [3.05, 3.63) is 51.2 Å². The van der Waals surface area contributed by atoms with Gasteiger partial charge in [-0.3, -0.25) is 5.84 Å². The van der Waals surface area contributed by atoms with E-state index in [4.69, 9.17) is 5.84 Å². The third-order valence-electron chi connectivity index (χ3n) is 2.73. The quantitative estimate of drug-likeness (QED) is 0.520. The number of hydrogen-bond donors (Lipinski definition) is 2. The number of alkyl halides is 3. The Bertz CT molecular complexity index is 609. The van der Waals surface area contributed by atoms with Crippen molar-refractivity contribution >= 4 is 11.3 Å². The van der Waals surface area contributed by atoms with E-state index in [0.29, 0.717) is 5.69 Å². The second kappa shape index (κ2) is 5.47. The number of hydrogen-bond acceptors (Lipinski definition) is 4. The monoisotopic (exact) mass is 305 g/mol. The minimum Gasteiger partial charge on any atom is -0.271 e. The zero-order chi connectivity index (χ0) is 14.9. The van der Waals surface area contributed by atoms with Crippen molar-refractivity contribution in [2.24, 2.45) is 5.84 Å². The van der Waals surface area contributed by atoms with Gasteiger partial charge in [-0.25, -0.2) is 14.8 Å². The van der Waals surface area contributed by atoms with Crippen molar-refractivity contribution in [2.45, 2.75) is 19.1 Å². The molecule has 108 valence electrons. The predicted octanol–water partition coefficient (Wildman–Crippen LogP) is 3.16. The van der Waals surface area contributed by atoms with Crippen molar-refractivity contribution in [1.82, 2.24) is 10.4 Å². The number of halogens is 4. The number of nitrogens with zero attached hydrogens (tertiary/aromatic N) is 1. The summed E-state index contributed by atoms with van der Waals surface area (Å²) in [6, 6.07) is 2.06. The van der Waals surface area contributed by atoms with Gasteiger partial charge in [0.05, 0.1) is 22.3 Å². The lowest BCUT2D eigenvalue weighted by atomic mass is 10.0. The van der Waals surface area contributed by atoms with Gasteiger partial charge in [0.1, 0.15) is 5.82 Å². The Hall–Kier alpha value is -1.51. The Kier molecular flexibility index (Phi) is 4.07. The van der Waals surface area contributed by atoms with Gasteiger partial charge >= 0.3 is 6.18 Å². The summed E-state index contributed by atoms with van der Waals surface area (Å²) in [5.74, 6) is 4.07. The summed E-state index contributed by atoms with van der Waals surface area (Å²) in [7, 11) is 0. The van der Waals surface area contributed by atoms with Gasteiger partial charge in [0, 0.05) is 5.38 Å². The van der Waals surface area contributed by atoms with Gasteiger partial charge in [-0.15, -0.1) is 11.3 Å². The first-order valence-corrected chi connectivity index (χ1v) is 6.45. The van der Waals surface area contributed by atoms with E-state index in [1.165, 1.54) is 17.4 Å². The molecule has 0 radical (unpaired) electrons. The van der Waals surface area contributed by atoms with Crippen LogP contribution >= 0.6 is 11.3 Å². The molecule has 1 heterocycles. The van der Waals surface area contributed by atoms with Crippen molar-refractivity contribution in [1.29, 1.82) is 0 Å². The normalized spacial score (nSPS) is 13.5. The molecule has 1 aromatic heterocycles. The molecule has 0 spiro atoms. The lowest BCUT2D eigenvalue weighted by Crippen LogP contribution is -2.29. The Morgan fingerprint density at radius 3 is 2.55 bits per heavy atom. The van der Waals surface area contributed by atoms with E-state index >= 15 is 0 Å². The van der Waals surface area contributed by atoms with E-state index in [-0.39, 0.29) is 5.56 Å². The molecule has 1 unspecified atom stereocenters. The third-order valence-corrected chi connectivity index (χ3v) is 3.52. The molecular formula is C12H11F4N3S. The molecule has 3 nitrogen and oxygen atoms in total. The highest BCUT2D eigenvalue weighted by Gasteiger charge is 2.35. The van der Waals surface area contributed by atoms with Crippen LogP contribution in [0.1, 0.15) is 27.9 Å². The van der Waals surface area contributed by atoms with Crippen LogP contribution in [-0.4, -0.2) is 4.98 Å². The third kappa shape index (κ3) is 2.97. The molecule has 0 aliphatic carbocycles. The highest BCUT2D eigenvalue weighted by atomic mass is 32.1. The predicted molar refractivity (Wildman–Crippen MR) is 67.4 cm³/mol. The number of thiazole rings is 1. The van der Waals surface area contributed by atoms with Crippen LogP contribution in [-0.2, 0) is 6.18 Å². The molecule has 1 aromatic carbocycles. The summed E-state index contributed by atoms with van der Waals surface area (Å²) < 4.78 is 51.3. The average Bonchev–Trinajstić information content (AvgIpc) is 2.77. The van der Waals surface area contributed by atoms with Crippen LogP contribution in [0.4, 0.5) is 17.6 Å². The van der Waals surface area contributed by atoms with Gasteiger partial charge in [0.15, 0.2) is 0 Å². The number of benzene rings is 1. The molecule has 20 heavy (non-hydrogen) atoms. The summed E-state index contributed by atoms with van der Waals surface area (Å²) in [5.41, 5.74) is 1.78. The molecule has 0 aliphatic heterocycles. The Labute approximate surface area is 116 Å². The fourth-order valence-corrected chi connectivity index (χ4v) is 2.44. The van der Waals surface area contributed by atoms with Gasteiger partial charge < -0.3 is 0 Å². The molecule has 8 heteroatoms. The van der Waals surface area contributed by atoms with Gasteiger partial charge in [0.2, 0.25) is 0 Å². The van der Waals surface area contributed by atoms with Crippen LogP contribution in [0.25, 0.3) is 0 Å². The summed E-state index contributed by atoms with van der Waals surface area (Å²) in [6.45, 7) is 1.77. The maximum atomic E-state index is 13.3. The fourth-order valence-electron chi connectivity index (χ4n) is 1.80. The number of aromatic nitrogens is 1. The number of rotatable bonds is 3. The summed E-state index contributed by atoms with van der Waals surface area (Å²) in [4.78, 5) is 4.17. The van der Waals surface area contributed by atoms with Gasteiger partial charge in [-0.05, 0) is 24.6 Å².